The van der Waals surface area contributed by atoms with Crippen molar-refractivity contribution in [2.45, 2.75) is 39.0 Å². The van der Waals surface area contributed by atoms with Crippen LogP contribution in [0.3, 0.4) is 0 Å². The maximum absolute atomic E-state index is 12.7. The minimum absolute atomic E-state index is 0.157. The summed E-state index contributed by atoms with van der Waals surface area (Å²) >= 11 is 0. The number of hydrogen-bond acceptors (Lipinski definition) is 4. The van der Waals surface area contributed by atoms with Crippen molar-refractivity contribution in [3.8, 4) is 0 Å². The van der Waals surface area contributed by atoms with Gasteiger partial charge in [0, 0.05) is 19.6 Å². The molecule has 0 radical (unpaired) electrons. The number of hydrogen-bond donors (Lipinski definition) is 0. The second kappa shape index (κ2) is 7.78. The third-order valence-electron chi connectivity index (χ3n) is 4.78. The Hall–Kier alpha value is -1.10. The van der Waals surface area contributed by atoms with Crippen molar-refractivity contribution in [1.82, 2.24) is 9.80 Å². The summed E-state index contributed by atoms with van der Waals surface area (Å²) in [5.74, 6) is -0.429. The fourth-order valence-electron chi connectivity index (χ4n) is 3.65. The number of esters is 1. The number of methoxy groups -OCH3 is 1. The Morgan fingerprint density at radius 3 is 2.52 bits per heavy atom. The van der Waals surface area contributed by atoms with E-state index in [1.807, 2.05) is 4.90 Å². The number of amides is 1. The molecule has 1 saturated carbocycles. The first-order valence-corrected chi connectivity index (χ1v) is 8.26. The summed E-state index contributed by atoms with van der Waals surface area (Å²) in [6.45, 7) is 6.94. The van der Waals surface area contributed by atoms with Crippen LogP contribution in [0, 0.1) is 11.8 Å². The molecule has 120 valence electrons. The van der Waals surface area contributed by atoms with E-state index in [9.17, 15) is 9.59 Å². The van der Waals surface area contributed by atoms with Crippen molar-refractivity contribution in [2.24, 2.45) is 11.8 Å². The lowest BCUT2D eigenvalue weighted by atomic mass is 9.94. The van der Waals surface area contributed by atoms with Gasteiger partial charge in [0.05, 0.1) is 18.9 Å². The molecule has 2 atom stereocenters. The molecule has 2 fully saturated rings. The molecule has 0 aromatic carbocycles. The van der Waals surface area contributed by atoms with E-state index in [0.29, 0.717) is 0 Å². The summed E-state index contributed by atoms with van der Waals surface area (Å²) < 4.78 is 4.86. The van der Waals surface area contributed by atoms with Gasteiger partial charge >= 0.3 is 5.97 Å². The van der Waals surface area contributed by atoms with E-state index in [0.717, 1.165) is 64.8 Å². The largest absolute Gasteiger partial charge is 0.469 e. The molecule has 1 heterocycles. The molecule has 1 aliphatic heterocycles. The standard InChI is InChI=1S/C16H28N2O3/c1-3-8-17-9-5-10-18(12-11-17)15(19)13-6-4-7-14(13)16(20)21-2/h13-14H,3-12H2,1-2H3/t13-,14+/m1/s1. The molecule has 0 aromatic rings. The predicted molar refractivity (Wildman–Crippen MR) is 80.8 cm³/mol. The normalized spacial score (nSPS) is 27.4. The van der Waals surface area contributed by atoms with Gasteiger partial charge < -0.3 is 14.5 Å². The lowest BCUT2D eigenvalue weighted by Crippen LogP contribution is -2.41. The number of nitrogens with zero attached hydrogens (tertiary/aromatic N) is 2. The van der Waals surface area contributed by atoms with Crippen molar-refractivity contribution in [1.29, 1.82) is 0 Å². The van der Waals surface area contributed by atoms with Crippen LogP contribution in [-0.4, -0.2) is 61.5 Å². The summed E-state index contributed by atoms with van der Waals surface area (Å²) in [6, 6.07) is 0. The molecular formula is C16H28N2O3. The minimum atomic E-state index is -0.225. The molecule has 21 heavy (non-hydrogen) atoms. The molecule has 5 heteroatoms. The number of carbonyl (C=O) groups is 2. The van der Waals surface area contributed by atoms with E-state index in [-0.39, 0.29) is 23.7 Å². The van der Waals surface area contributed by atoms with E-state index < -0.39 is 0 Å². The summed E-state index contributed by atoms with van der Waals surface area (Å²) in [5.41, 5.74) is 0. The number of carbonyl (C=O) groups excluding carboxylic acids is 2. The number of ether oxygens (including phenoxy) is 1. The summed E-state index contributed by atoms with van der Waals surface area (Å²) in [4.78, 5) is 29.0. The summed E-state index contributed by atoms with van der Waals surface area (Å²) in [6.07, 6.45) is 4.75. The monoisotopic (exact) mass is 296 g/mol. The van der Waals surface area contributed by atoms with Gasteiger partial charge in [0.25, 0.3) is 0 Å². The molecule has 1 amide bonds. The van der Waals surface area contributed by atoms with Crippen molar-refractivity contribution in [3.63, 3.8) is 0 Å². The van der Waals surface area contributed by atoms with Crippen molar-refractivity contribution in [2.75, 3.05) is 39.8 Å². The first kappa shape index (κ1) is 16.3. The fourth-order valence-corrected chi connectivity index (χ4v) is 3.65. The Bertz CT molecular complexity index is 373. The van der Waals surface area contributed by atoms with Gasteiger partial charge in [-0.25, -0.2) is 0 Å². The maximum Gasteiger partial charge on any atom is 0.309 e. The van der Waals surface area contributed by atoms with Crippen LogP contribution >= 0.6 is 0 Å². The van der Waals surface area contributed by atoms with E-state index in [1.165, 1.54) is 7.11 Å². The third-order valence-corrected chi connectivity index (χ3v) is 4.78. The quantitative estimate of drug-likeness (QED) is 0.738. The molecule has 0 N–H and O–H groups in total. The zero-order chi connectivity index (χ0) is 15.2. The molecule has 5 nitrogen and oxygen atoms in total. The highest BCUT2D eigenvalue weighted by molar-refractivity contribution is 5.86. The first-order chi connectivity index (χ1) is 10.2. The van der Waals surface area contributed by atoms with E-state index in [4.69, 9.17) is 4.74 Å². The molecule has 2 rings (SSSR count). The van der Waals surface area contributed by atoms with Crippen LogP contribution in [0.25, 0.3) is 0 Å². The van der Waals surface area contributed by atoms with Crippen molar-refractivity contribution in [3.05, 3.63) is 0 Å². The smallest absolute Gasteiger partial charge is 0.309 e. The molecule has 1 saturated heterocycles. The molecule has 0 bridgehead atoms. The van der Waals surface area contributed by atoms with E-state index >= 15 is 0 Å². The Kier molecular flexibility index (Phi) is 6.03. The van der Waals surface area contributed by atoms with E-state index in [2.05, 4.69) is 11.8 Å². The highest BCUT2D eigenvalue weighted by atomic mass is 16.5. The molecule has 1 aliphatic carbocycles. The van der Waals surface area contributed by atoms with Crippen LogP contribution < -0.4 is 0 Å². The van der Waals surface area contributed by atoms with Gasteiger partial charge in [-0.3, -0.25) is 9.59 Å². The third kappa shape index (κ3) is 3.96. The van der Waals surface area contributed by atoms with Crippen LogP contribution in [-0.2, 0) is 14.3 Å². The topological polar surface area (TPSA) is 49.9 Å². The molecule has 0 spiro atoms. The highest BCUT2D eigenvalue weighted by Crippen LogP contribution is 2.34. The van der Waals surface area contributed by atoms with Crippen LogP contribution in [0.15, 0.2) is 0 Å². The highest BCUT2D eigenvalue weighted by Gasteiger charge is 2.40. The van der Waals surface area contributed by atoms with Crippen molar-refractivity contribution >= 4 is 11.9 Å². The van der Waals surface area contributed by atoms with Gasteiger partial charge in [-0.15, -0.1) is 0 Å². The lowest BCUT2D eigenvalue weighted by molar-refractivity contribution is -0.151. The van der Waals surface area contributed by atoms with Crippen LogP contribution in [0.2, 0.25) is 0 Å². The molecule has 2 aliphatic rings. The molecular weight excluding hydrogens is 268 g/mol. The van der Waals surface area contributed by atoms with Crippen LogP contribution in [0.1, 0.15) is 39.0 Å². The zero-order valence-electron chi connectivity index (χ0n) is 13.3. The Morgan fingerprint density at radius 2 is 1.81 bits per heavy atom. The fraction of sp³-hybridized carbons (Fsp3) is 0.875. The number of rotatable bonds is 4. The Labute approximate surface area is 127 Å². The van der Waals surface area contributed by atoms with E-state index in [1.54, 1.807) is 0 Å². The molecule has 0 aromatic heterocycles. The second-order valence-electron chi connectivity index (χ2n) is 6.19. The van der Waals surface area contributed by atoms with Crippen LogP contribution in [0.4, 0.5) is 0 Å². The minimum Gasteiger partial charge on any atom is -0.469 e. The molecule has 0 unspecified atom stereocenters. The predicted octanol–water partition coefficient (Wildman–Crippen LogP) is 1.52. The Morgan fingerprint density at radius 1 is 1.05 bits per heavy atom. The first-order valence-electron chi connectivity index (χ1n) is 8.26. The summed E-state index contributed by atoms with van der Waals surface area (Å²) in [7, 11) is 1.41. The Balaban J connectivity index is 1.94. The van der Waals surface area contributed by atoms with Gasteiger partial charge in [0.1, 0.15) is 0 Å². The average molecular weight is 296 g/mol. The lowest BCUT2D eigenvalue weighted by Gasteiger charge is -2.26. The van der Waals surface area contributed by atoms with Gasteiger partial charge in [-0.05, 0) is 38.8 Å². The summed E-state index contributed by atoms with van der Waals surface area (Å²) in [5, 5.41) is 0. The van der Waals surface area contributed by atoms with Gasteiger partial charge in [0.15, 0.2) is 0 Å². The SMILES string of the molecule is CCCN1CCCN(C(=O)[C@@H]2CCC[C@@H]2C(=O)OC)CC1. The van der Waals surface area contributed by atoms with Crippen LogP contribution in [0.5, 0.6) is 0 Å². The van der Waals surface area contributed by atoms with Crippen molar-refractivity contribution < 1.29 is 14.3 Å². The van der Waals surface area contributed by atoms with Gasteiger partial charge in [-0.2, -0.15) is 0 Å². The van der Waals surface area contributed by atoms with Gasteiger partial charge in [0.2, 0.25) is 5.91 Å². The average Bonchev–Trinajstić information content (AvgIpc) is 2.87. The zero-order valence-corrected chi connectivity index (χ0v) is 13.3. The second-order valence-corrected chi connectivity index (χ2v) is 6.19. The van der Waals surface area contributed by atoms with Gasteiger partial charge in [-0.1, -0.05) is 13.3 Å². The maximum atomic E-state index is 12.7.